The fourth-order valence-corrected chi connectivity index (χ4v) is 1.16. The highest BCUT2D eigenvalue weighted by molar-refractivity contribution is 6.30. The standard InChI is InChI=1S/C9H10ClNO2/c1-6(9(12)13-2)7-3-8(10)5-11-4-7/h3-6H,1-2H3. The Hall–Kier alpha value is -1.09. The average Bonchev–Trinajstić information content (AvgIpc) is 2.15. The van der Waals surface area contributed by atoms with Gasteiger partial charge in [-0.15, -0.1) is 0 Å². The molecule has 0 N–H and O–H groups in total. The smallest absolute Gasteiger partial charge is 0.312 e. The monoisotopic (exact) mass is 199 g/mol. The van der Waals surface area contributed by atoms with Crippen LogP contribution in [0.25, 0.3) is 0 Å². The number of aromatic nitrogens is 1. The van der Waals surface area contributed by atoms with Gasteiger partial charge in [0.1, 0.15) is 0 Å². The summed E-state index contributed by atoms with van der Waals surface area (Å²) in [6, 6.07) is 1.70. The molecule has 1 aromatic heterocycles. The van der Waals surface area contributed by atoms with Crippen molar-refractivity contribution in [3.63, 3.8) is 0 Å². The molecule has 0 spiro atoms. The molecule has 0 aromatic carbocycles. The topological polar surface area (TPSA) is 39.2 Å². The summed E-state index contributed by atoms with van der Waals surface area (Å²) in [7, 11) is 1.36. The second-order valence-corrected chi connectivity index (χ2v) is 3.12. The third-order valence-electron chi connectivity index (χ3n) is 1.78. The molecule has 0 fully saturated rings. The summed E-state index contributed by atoms with van der Waals surface area (Å²) >= 11 is 5.72. The highest BCUT2D eigenvalue weighted by Crippen LogP contribution is 2.18. The zero-order valence-corrected chi connectivity index (χ0v) is 8.21. The van der Waals surface area contributed by atoms with Gasteiger partial charge in [0.05, 0.1) is 18.1 Å². The lowest BCUT2D eigenvalue weighted by Gasteiger charge is -2.08. The van der Waals surface area contributed by atoms with Crippen LogP contribution >= 0.6 is 11.6 Å². The molecule has 1 atom stereocenters. The van der Waals surface area contributed by atoms with Gasteiger partial charge in [-0.1, -0.05) is 11.6 Å². The number of esters is 1. The molecule has 0 amide bonds. The third-order valence-corrected chi connectivity index (χ3v) is 1.99. The van der Waals surface area contributed by atoms with Gasteiger partial charge < -0.3 is 4.74 Å². The molecule has 0 bridgehead atoms. The van der Waals surface area contributed by atoms with Crippen LogP contribution in [0, 0.1) is 0 Å². The Labute approximate surface area is 81.7 Å². The van der Waals surface area contributed by atoms with Crippen LogP contribution in [0.3, 0.4) is 0 Å². The zero-order chi connectivity index (χ0) is 9.84. The van der Waals surface area contributed by atoms with Crippen molar-refractivity contribution in [3.8, 4) is 0 Å². The van der Waals surface area contributed by atoms with Gasteiger partial charge in [-0.2, -0.15) is 0 Å². The van der Waals surface area contributed by atoms with E-state index in [9.17, 15) is 4.79 Å². The number of carbonyl (C=O) groups is 1. The fourth-order valence-electron chi connectivity index (χ4n) is 0.978. The van der Waals surface area contributed by atoms with Gasteiger partial charge >= 0.3 is 5.97 Å². The maximum atomic E-state index is 11.1. The Bertz CT molecular complexity index is 314. The average molecular weight is 200 g/mol. The summed E-state index contributed by atoms with van der Waals surface area (Å²) in [4.78, 5) is 15.0. The summed E-state index contributed by atoms with van der Waals surface area (Å²) in [6.07, 6.45) is 3.13. The Morgan fingerprint density at radius 3 is 2.85 bits per heavy atom. The van der Waals surface area contributed by atoms with E-state index in [1.54, 1.807) is 19.2 Å². The Kier molecular flexibility index (Phi) is 3.25. The van der Waals surface area contributed by atoms with Crippen molar-refractivity contribution in [2.45, 2.75) is 12.8 Å². The van der Waals surface area contributed by atoms with Gasteiger partial charge in [0.25, 0.3) is 0 Å². The minimum atomic E-state index is -0.323. The summed E-state index contributed by atoms with van der Waals surface area (Å²) < 4.78 is 4.60. The highest BCUT2D eigenvalue weighted by atomic mass is 35.5. The third kappa shape index (κ3) is 2.42. The van der Waals surface area contributed by atoms with Crippen LogP contribution in [-0.4, -0.2) is 18.1 Å². The van der Waals surface area contributed by atoms with Crippen molar-refractivity contribution in [2.24, 2.45) is 0 Å². The number of hydrogen-bond acceptors (Lipinski definition) is 3. The van der Waals surface area contributed by atoms with E-state index < -0.39 is 0 Å². The number of halogens is 1. The number of ether oxygens (including phenoxy) is 1. The molecule has 0 radical (unpaired) electrons. The number of rotatable bonds is 2. The van der Waals surface area contributed by atoms with Crippen molar-refractivity contribution in [3.05, 3.63) is 29.0 Å². The lowest BCUT2D eigenvalue weighted by atomic mass is 10.0. The molecule has 0 saturated heterocycles. The van der Waals surface area contributed by atoms with Gasteiger partial charge in [0, 0.05) is 12.4 Å². The number of pyridine rings is 1. The fraction of sp³-hybridized carbons (Fsp3) is 0.333. The minimum Gasteiger partial charge on any atom is -0.469 e. The van der Waals surface area contributed by atoms with E-state index in [-0.39, 0.29) is 11.9 Å². The first-order chi connectivity index (χ1) is 6.15. The molecule has 1 heterocycles. The number of hydrogen-bond donors (Lipinski definition) is 0. The summed E-state index contributed by atoms with van der Waals surface area (Å²) in [5.74, 6) is -0.611. The first kappa shape index (κ1) is 9.99. The molecule has 0 aliphatic carbocycles. The van der Waals surface area contributed by atoms with Crippen LogP contribution in [0.15, 0.2) is 18.5 Å². The van der Waals surface area contributed by atoms with Crippen LogP contribution in [0.5, 0.6) is 0 Å². The van der Waals surface area contributed by atoms with E-state index in [1.165, 1.54) is 13.3 Å². The summed E-state index contributed by atoms with van der Waals surface area (Å²) in [5.41, 5.74) is 0.763. The molecule has 0 saturated carbocycles. The highest BCUT2D eigenvalue weighted by Gasteiger charge is 2.15. The number of nitrogens with zero attached hydrogens (tertiary/aromatic N) is 1. The second kappa shape index (κ2) is 4.23. The van der Waals surface area contributed by atoms with Gasteiger partial charge in [0.15, 0.2) is 0 Å². The van der Waals surface area contributed by atoms with E-state index in [0.29, 0.717) is 5.02 Å². The molecule has 3 nitrogen and oxygen atoms in total. The first-order valence-electron chi connectivity index (χ1n) is 3.83. The second-order valence-electron chi connectivity index (χ2n) is 2.68. The van der Waals surface area contributed by atoms with E-state index in [1.807, 2.05) is 0 Å². The summed E-state index contributed by atoms with van der Waals surface area (Å²) in [5, 5.41) is 0.522. The Morgan fingerprint density at radius 2 is 2.31 bits per heavy atom. The van der Waals surface area contributed by atoms with Crippen molar-refractivity contribution in [1.29, 1.82) is 0 Å². The van der Waals surface area contributed by atoms with Gasteiger partial charge in [-0.05, 0) is 18.6 Å². The summed E-state index contributed by atoms with van der Waals surface area (Å²) in [6.45, 7) is 1.75. The molecule has 4 heteroatoms. The molecule has 1 rings (SSSR count). The molecular formula is C9H10ClNO2. The van der Waals surface area contributed by atoms with Crippen molar-refractivity contribution < 1.29 is 9.53 Å². The molecule has 0 aliphatic heterocycles. The maximum absolute atomic E-state index is 11.1. The normalized spacial score (nSPS) is 12.2. The van der Waals surface area contributed by atoms with Crippen molar-refractivity contribution >= 4 is 17.6 Å². The Morgan fingerprint density at radius 1 is 1.62 bits per heavy atom. The molecular weight excluding hydrogens is 190 g/mol. The predicted molar refractivity (Wildman–Crippen MR) is 49.7 cm³/mol. The lowest BCUT2D eigenvalue weighted by molar-refractivity contribution is -0.141. The number of methoxy groups -OCH3 is 1. The van der Waals surface area contributed by atoms with Crippen molar-refractivity contribution in [1.82, 2.24) is 4.98 Å². The molecule has 1 aromatic rings. The van der Waals surface area contributed by atoms with Crippen LogP contribution in [0.2, 0.25) is 5.02 Å². The zero-order valence-electron chi connectivity index (χ0n) is 7.45. The van der Waals surface area contributed by atoms with E-state index in [0.717, 1.165) is 5.56 Å². The molecule has 70 valence electrons. The van der Waals surface area contributed by atoms with E-state index in [2.05, 4.69) is 9.72 Å². The van der Waals surface area contributed by atoms with Crippen LogP contribution in [0.4, 0.5) is 0 Å². The molecule has 0 aliphatic rings. The van der Waals surface area contributed by atoms with E-state index in [4.69, 9.17) is 11.6 Å². The minimum absolute atomic E-state index is 0.288. The van der Waals surface area contributed by atoms with Crippen LogP contribution in [0.1, 0.15) is 18.4 Å². The Balaban J connectivity index is 2.88. The SMILES string of the molecule is COC(=O)C(C)c1cncc(Cl)c1. The number of carbonyl (C=O) groups excluding carboxylic acids is 1. The van der Waals surface area contributed by atoms with Gasteiger partial charge in [0.2, 0.25) is 0 Å². The largest absolute Gasteiger partial charge is 0.469 e. The van der Waals surface area contributed by atoms with E-state index >= 15 is 0 Å². The van der Waals surface area contributed by atoms with Crippen LogP contribution < -0.4 is 0 Å². The predicted octanol–water partition coefficient (Wildman–Crippen LogP) is 2.01. The lowest BCUT2D eigenvalue weighted by Crippen LogP contribution is -2.10. The maximum Gasteiger partial charge on any atom is 0.312 e. The molecule has 13 heavy (non-hydrogen) atoms. The van der Waals surface area contributed by atoms with Gasteiger partial charge in [-0.25, -0.2) is 0 Å². The quantitative estimate of drug-likeness (QED) is 0.684. The first-order valence-corrected chi connectivity index (χ1v) is 4.21. The van der Waals surface area contributed by atoms with Crippen LogP contribution in [-0.2, 0) is 9.53 Å². The molecule has 1 unspecified atom stereocenters. The van der Waals surface area contributed by atoms with Crippen molar-refractivity contribution in [2.75, 3.05) is 7.11 Å². The van der Waals surface area contributed by atoms with Gasteiger partial charge in [-0.3, -0.25) is 9.78 Å².